The van der Waals surface area contributed by atoms with Gasteiger partial charge in [-0.25, -0.2) is 4.98 Å². The minimum Gasteiger partial charge on any atom is -0.454 e. The van der Waals surface area contributed by atoms with Crippen molar-refractivity contribution in [2.75, 3.05) is 5.73 Å². The molecule has 0 aliphatic carbocycles. The van der Waals surface area contributed by atoms with Crippen LogP contribution in [-0.2, 0) is 0 Å². The van der Waals surface area contributed by atoms with Crippen LogP contribution in [0.2, 0.25) is 0 Å². The average Bonchev–Trinajstić information content (AvgIpc) is 2.78. The summed E-state index contributed by atoms with van der Waals surface area (Å²) in [7, 11) is 0. The number of aromatic nitrogens is 1. The Kier molecular flexibility index (Phi) is 1.90. The molecule has 2 aromatic carbocycles. The van der Waals surface area contributed by atoms with E-state index in [9.17, 15) is 0 Å². The molecule has 0 fully saturated rings. The van der Waals surface area contributed by atoms with Crippen molar-refractivity contribution in [3.05, 3.63) is 48.0 Å². The summed E-state index contributed by atoms with van der Waals surface area (Å²) in [5, 5.41) is 2.97. The number of nitrogen functional groups attached to an aromatic ring is 1. The van der Waals surface area contributed by atoms with Gasteiger partial charge in [-0.05, 0) is 19.1 Å². The Morgan fingerprint density at radius 3 is 2.63 bits per heavy atom. The molecular formula is C16H12N2O. The van der Waals surface area contributed by atoms with E-state index in [-0.39, 0.29) is 0 Å². The summed E-state index contributed by atoms with van der Waals surface area (Å²) in [5.74, 6) is 0.548. The van der Waals surface area contributed by atoms with E-state index in [4.69, 9.17) is 10.2 Å². The fraction of sp³-hybridized carbons (Fsp3) is 0.0625. The van der Waals surface area contributed by atoms with Crippen LogP contribution in [0.15, 0.2) is 46.9 Å². The topological polar surface area (TPSA) is 52.0 Å². The number of aryl methyl sites for hydroxylation is 1. The van der Waals surface area contributed by atoms with E-state index in [2.05, 4.69) is 18.0 Å². The summed E-state index contributed by atoms with van der Waals surface area (Å²) in [6.45, 7) is 2.06. The van der Waals surface area contributed by atoms with Crippen molar-refractivity contribution in [2.24, 2.45) is 0 Å². The van der Waals surface area contributed by atoms with E-state index in [0.29, 0.717) is 5.82 Å². The molecule has 4 rings (SSSR count). The van der Waals surface area contributed by atoms with Gasteiger partial charge in [0.05, 0.1) is 0 Å². The molecule has 92 valence electrons. The molecule has 4 aromatic rings. The highest BCUT2D eigenvalue weighted by atomic mass is 16.3. The lowest BCUT2D eigenvalue weighted by Crippen LogP contribution is -1.91. The van der Waals surface area contributed by atoms with Gasteiger partial charge >= 0.3 is 0 Å². The third-order valence-electron chi connectivity index (χ3n) is 3.50. The molecule has 0 spiro atoms. The van der Waals surface area contributed by atoms with Crippen LogP contribution in [0.3, 0.4) is 0 Å². The van der Waals surface area contributed by atoms with E-state index < -0.39 is 0 Å². The zero-order chi connectivity index (χ0) is 13.0. The second kappa shape index (κ2) is 3.48. The molecular weight excluding hydrogens is 236 g/mol. The Bertz CT molecular complexity index is 938. The quantitative estimate of drug-likeness (QED) is 0.511. The lowest BCUT2D eigenvalue weighted by atomic mass is 10.1. The third-order valence-corrected chi connectivity index (χ3v) is 3.50. The van der Waals surface area contributed by atoms with Crippen LogP contribution < -0.4 is 5.73 Å². The van der Waals surface area contributed by atoms with E-state index in [1.807, 2.05) is 36.4 Å². The van der Waals surface area contributed by atoms with Gasteiger partial charge in [-0.2, -0.15) is 0 Å². The first-order valence-corrected chi connectivity index (χ1v) is 6.21. The van der Waals surface area contributed by atoms with Gasteiger partial charge in [-0.1, -0.05) is 35.9 Å². The molecule has 0 aliphatic rings. The van der Waals surface area contributed by atoms with Crippen LogP contribution in [0, 0.1) is 6.92 Å². The number of hydrogen-bond acceptors (Lipinski definition) is 3. The molecule has 3 heteroatoms. The van der Waals surface area contributed by atoms with Gasteiger partial charge < -0.3 is 10.2 Å². The van der Waals surface area contributed by atoms with Crippen LogP contribution in [0.1, 0.15) is 5.56 Å². The molecule has 2 heterocycles. The number of fused-ring (bicyclic) bond motifs is 5. The number of anilines is 1. The number of furan rings is 1. The van der Waals surface area contributed by atoms with Crippen molar-refractivity contribution in [1.82, 2.24) is 4.98 Å². The number of hydrogen-bond donors (Lipinski definition) is 1. The van der Waals surface area contributed by atoms with Gasteiger partial charge in [0.2, 0.25) is 0 Å². The fourth-order valence-corrected chi connectivity index (χ4v) is 2.58. The Hall–Kier alpha value is -2.55. The van der Waals surface area contributed by atoms with Gasteiger partial charge in [-0.3, -0.25) is 0 Å². The third kappa shape index (κ3) is 1.35. The van der Waals surface area contributed by atoms with Gasteiger partial charge in [0.15, 0.2) is 5.58 Å². The van der Waals surface area contributed by atoms with Crippen molar-refractivity contribution in [3.8, 4) is 0 Å². The molecule has 0 atom stereocenters. The Balaban J connectivity index is 2.32. The molecule has 2 N–H and O–H groups in total. The van der Waals surface area contributed by atoms with E-state index >= 15 is 0 Å². The SMILES string of the molecule is Cc1ccc2oc3c4ccccc4c(N)nc3c2c1. The van der Waals surface area contributed by atoms with Crippen LogP contribution >= 0.6 is 0 Å². The molecule has 3 nitrogen and oxygen atoms in total. The van der Waals surface area contributed by atoms with Gasteiger partial charge in [-0.15, -0.1) is 0 Å². The molecule has 0 saturated heterocycles. The molecule has 2 aromatic heterocycles. The lowest BCUT2D eigenvalue weighted by Gasteiger charge is -2.01. The monoisotopic (exact) mass is 248 g/mol. The number of nitrogens with two attached hydrogens (primary N) is 1. The van der Waals surface area contributed by atoms with Crippen molar-refractivity contribution in [1.29, 1.82) is 0 Å². The Morgan fingerprint density at radius 2 is 1.79 bits per heavy atom. The number of rotatable bonds is 0. The first kappa shape index (κ1) is 10.4. The largest absolute Gasteiger partial charge is 0.454 e. The van der Waals surface area contributed by atoms with E-state index in [0.717, 1.165) is 32.8 Å². The fourth-order valence-electron chi connectivity index (χ4n) is 2.58. The van der Waals surface area contributed by atoms with E-state index in [1.165, 1.54) is 5.56 Å². The number of pyridine rings is 1. The zero-order valence-corrected chi connectivity index (χ0v) is 10.5. The maximum absolute atomic E-state index is 6.06. The van der Waals surface area contributed by atoms with Crippen molar-refractivity contribution in [3.63, 3.8) is 0 Å². The highest BCUT2D eigenvalue weighted by Gasteiger charge is 2.13. The minimum absolute atomic E-state index is 0.548. The Morgan fingerprint density at radius 1 is 1.00 bits per heavy atom. The molecule has 0 amide bonds. The molecule has 19 heavy (non-hydrogen) atoms. The second-order valence-electron chi connectivity index (χ2n) is 4.82. The molecule has 0 unspecified atom stereocenters. The maximum atomic E-state index is 6.06. The Labute approximate surface area is 109 Å². The van der Waals surface area contributed by atoms with Crippen molar-refractivity contribution in [2.45, 2.75) is 6.92 Å². The zero-order valence-electron chi connectivity index (χ0n) is 10.5. The van der Waals surface area contributed by atoms with Gasteiger partial charge in [0.25, 0.3) is 0 Å². The van der Waals surface area contributed by atoms with Crippen LogP contribution in [0.4, 0.5) is 5.82 Å². The summed E-state index contributed by atoms with van der Waals surface area (Å²) in [6.07, 6.45) is 0. The van der Waals surface area contributed by atoms with E-state index in [1.54, 1.807) is 0 Å². The highest BCUT2D eigenvalue weighted by molar-refractivity contribution is 6.15. The normalized spacial score (nSPS) is 11.6. The standard InChI is InChI=1S/C16H12N2O/c1-9-6-7-13-12(8-9)14-15(19-13)10-4-2-3-5-11(10)16(17)18-14/h2-8H,1H3,(H2,17,18). The molecule has 0 radical (unpaired) electrons. The lowest BCUT2D eigenvalue weighted by molar-refractivity contribution is 0.672. The van der Waals surface area contributed by atoms with Crippen molar-refractivity contribution < 1.29 is 4.42 Å². The highest BCUT2D eigenvalue weighted by Crippen LogP contribution is 2.34. The first-order valence-electron chi connectivity index (χ1n) is 6.21. The van der Waals surface area contributed by atoms with Crippen LogP contribution in [0.25, 0.3) is 32.8 Å². The van der Waals surface area contributed by atoms with Gasteiger partial charge in [0.1, 0.15) is 16.9 Å². The second-order valence-corrected chi connectivity index (χ2v) is 4.82. The molecule has 0 bridgehead atoms. The summed E-state index contributed by atoms with van der Waals surface area (Å²) in [5.41, 5.74) is 9.75. The summed E-state index contributed by atoms with van der Waals surface area (Å²) in [4.78, 5) is 4.52. The summed E-state index contributed by atoms with van der Waals surface area (Å²) >= 11 is 0. The summed E-state index contributed by atoms with van der Waals surface area (Å²) < 4.78 is 5.96. The number of benzene rings is 2. The predicted molar refractivity (Wildman–Crippen MR) is 78.2 cm³/mol. The van der Waals surface area contributed by atoms with Crippen LogP contribution in [-0.4, -0.2) is 4.98 Å². The smallest absolute Gasteiger partial charge is 0.161 e. The summed E-state index contributed by atoms with van der Waals surface area (Å²) in [6, 6.07) is 14.0. The van der Waals surface area contributed by atoms with Gasteiger partial charge in [0, 0.05) is 16.2 Å². The predicted octanol–water partition coefficient (Wildman–Crippen LogP) is 4.02. The molecule has 0 saturated carbocycles. The average molecular weight is 248 g/mol. The van der Waals surface area contributed by atoms with Crippen molar-refractivity contribution >= 4 is 38.7 Å². The maximum Gasteiger partial charge on any atom is 0.161 e. The minimum atomic E-state index is 0.548. The first-order chi connectivity index (χ1) is 9.24. The number of nitrogens with zero attached hydrogens (tertiary/aromatic N) is 1. The van der Waals surface area contributed by atoms with Crippen LogP contribution in [0.5, 0.6) is 0 Å². The molecule has 0 aliphatic heterocycles.